The summed E-state index contributed by atoms with van der Waals surface area (Å²) >= 11 is 3.21. The molecule has 0 atom stereocenters. The van der Waals surface area contributed by atoms with Crippen molar-refractivity contribution < 1.29 is 13.2 Å². The summed E-state index contributed by atoms with van der Waals surface area (Å²) in [6.45, 7) is 0. The number of hydrogen-bond acceptors (Lipinski definition) is 2. The Morgan fingerprint density at radius 2 is 1.53 bits per heavy atom. The molecule has 0 unspecified atom stereocenters. The van der Waals surface area contributed by atoms with Gasteiger partial charge in [-0.15, -0.1) is 0 Å². The molecule has 0 spiro atoms. The van der Waals surface area contributed by atoms with Crippen LogP contribution in [0, 0.1) is 28.8 Å². The third-order valence-electron chi connectivity index (χ3n) is 2.30. The minimum atomic E-state index is -1.52. The van der Waals surface area contributed by atoms with Crippen LogP contribution in [0.2, 0.25) is 0 Å². The third kappa shape index (κ3) is 3.06. The van der Waals surface area contributed by atoms with Crippen molar-refractivity contribution in [3.63, 3.8) is 0 Å². The summed E-state index contributed by atoms with van der Waals surface area (Å²) in [6.07, 6.45) is 0. The van der Waals surface area contributed by atoms with E-state index in [4.69, 9.17) is 5.26 Å². The van der Waals surface area contributed by atoms with E-state index in [0.29, 0.717) is 15.7 Å². The SMILES string of the molecule is N#Cc1cc(Br)cc(Nc2cc(F)c(F)c(F)c2)c1. The number of nitrogens with zero attached hydrogens (tertiary/aromatic N) is 1. The summed E-state index contributed by atoms with van der Waals surface area (Å²) in [6, 6.07) is 8.35. The molecule has 0 aliphatic carbocycles. The maximum atomic E-state index is 13.1. The number of nitriles is 1. The van der Waals surface area contributed by atoms with E-state index < -0.39 is 17.5 Å². The molecule has 0 aliphatic heterocycles. The van der Waals surface area contributed by atoms with Gasteiger partial charge in [-0.3, -0.25) is 0 Å². The van der Waals surface area contributed by atoms with Gasteiger partial charge < -0.3 is 5.32 Å². The lowest BCUT2D eigenvalue weighted by atomic mass is 10.2. The molecule has 0 saturated carbocycles. The molecular formula is C13H6BrF3N2. The van der Waals surface area contributed by atoms with Crippen LogP contribution in [0.3, 0.4) is 0 Å². The molecule has 0 saturated heterocycles. The van der Waals surface area contributed by atoms with E-state index >= 15 is 0 Å². The number of halogens is 4. The Balaban J connectivity index is 2.36. The maximum Gasteiger partial charge on any atom is 0.194 e. The van der Waals surface area contributed by atoms with Gasteiger partial charge in [0.05, 0.1) is 11.6 Å². The van der Waals surface area contributed by atoms with Gasteiger partial charge in [-0.2, -0.15) is 5.26 Å². The highest BCUT2D eigenvalue weighted by Gasteiger charge is 2.10. The predicted molar refractivity (Wildman–Crippen MR) is 68.5 cm³/mol. The molecule has 2 aromatic carbocycles. The van der Waals surface area contributed by atoms with Gasteiger partial charge in [-0.25, -0.2) is 13.2 Å². The van der Waals surface area contributed by atoms with Crippen LogP contribution >= 0.6 is 15.9 Å². The van der Waals surface area contributed by atoms with E-state index in [9.17, 15) is 13.2 Å². The fourth-order valence-electron chi connectivity index (χ4n) is 1.52. The van der Waals surface area contributed by atoms with Crippen LogP contribution in [-0.2, 0) is 0 Å². The molecule has 0 fully saturated rings. The van der Waals surface area contributed by atoms with Crippen LogP contribution in [0.15, 0.2) is 34.8 Å². The quantitative estimate of drug-likeness (QED) is 0.826. The van der Waals surface area contributed by atoms with Crippen molar-refractivity contribution in [1.82, 2.24) is 0 Å². The van der Waals surface area contributed by atoms with Gasteiger partial charge in [-0.1, -0.05) is 15.9 Å². The molecule has 0 amide bonds. The largest absolute Gasteiger partial charge is 0.355 e. The van der Waals surface area contributed by atoms with Gasteiger partial charge in [0.1, 0.15) is 0 Å². The van der Waals surface area contributed by atoms with E-state index in [-0.39, 0.29) is 5.69 Å². The van der Waals surface area contributed by atoms with Gasteiger partial charge in [-0.05, 0) is 18.2 Å². The van der Waals surface area contributed by atoms with Crippen molar-refractivity contribution in [1.29, 1.82) is 5.26 Å². The number of rotatable bonds is 2. The zero-order chi connectivity index (χ0) is 14.0. The average Bonchev–Trinajstić information content (AvgIpc) is 2.35. The molecule has 2 nitrogen and oxygen atoms in total. The summed E-state index contributed by atoms with van der Waals surface area (Å²) in [5, 5.41) is 11.5. The van der Waals surface area contributed by atoms with Crippen molar-refractivity contribution in [3.05, 3.63) is 57.8 Å². The lowest BCUT2D eigenvalue weighted by Gasteiger charge is -2.08. The fraction of sp³-hybridized carbons (Fsp3) is 0. The highest BCUT2D eigenvalue weighted by atomic mass is 79.9. The number of anilines is 2. The normalized spacial score (nSPS) is 10.1. The topological polar surface area (TPSA) is 35.8 Å². The van der Waals surface area contributed by atoms with Crippen molar-refractivity contribution >= 4 is 27.3 Å². The Labute approximate surface area is 115 Å². The average molecular weight is 327 g/mol. The number of nitrogens with one attached hydrogen (secondary N) is 1. The lowest BCUT2D eigenvalue weighted by Crippen LogP contribution is -1.96. The summed E-state index contributed by atoms with van der Waals surface area (Å²) in [5.41, 5.74) is 0.884. The Kier molecular flexibility index (Phi) is 3.76. The summed E-state index contributed by atoms with van der Waals surface area (Å²) in [5.74, 6) is -4.08. The van der Waals surface area contributed by atoms with Gasteiger partial charge in [0, 0.05) is 28.0 Å². The minimum absolute atomic E-state index is 0.0541. The van der Waals surface area contributed by atoms with Crippen LogP contribution < -0.4 is 5.32 Å². The maximum absolute atomic E-state index is 13.1. The standard InChI is InChI=1S/C13H6BrF3N2/c14-8-1-7(6-18)2-9(3-8)19-10-4-11(15)13(17)12(16)5-10/h1-5,19H. The second kappa shape index (κ2) is 5.33. The molecule has 6 heteroatoms. The number of benzene rings is 2. The molecule has 0 bridgehead atoms. The van der Waals surface area contributed by atoms with Crippen molar-refractivity contribution in [2.45, 2.75) is 0 Å². The lowest BCUT2D eigenvalue weighted by molar-refractivity contribution is 0.448. The first-order valence-electron chi connectivity index (χ1n) is 5.12. The molecule has 2 rings (SSSR count). The summed E-state index contributed by atoms with van der Waals surface area (Å²) in [7, 11) is 0. The van der Waals surface area contributed by atoms with E-state index in [1.54, 1.807) is 12.1 Å². The van der Waals surface area contributed by atoms with Crippen molar-refractivity contribution in [2.75, 3.05) is 5.32 Å². The Bertz CT molecular complexity index is 657. The van der Waals surface area contributed by atoms with Crippen LogP contribution in [-0.4, -0.2) is 0 Å². The zero-order valence-corrected chi connectivity index (χ0v) is 10.9. The Hall–Kier alpha value is -2.00. The first-order valence-corrected chi connectivity index (χ1v) is 5.91. The predicted octanol–water partition coefficient (Wildman–Crippen LogP) is 4.48. The third-order valence-corrected chi connectivity index (χ3v) is 2.76. The highest BCUT2D eigenvalue weighted by Crippen LogP contribution is 2.24. The van der Waals surface area contributed by atoms with E-state index in [0.717, 1.165) is 12.1 Å². The first kappa shape index (κ1) is 13.4. The second-order valence-corrected chi connectivity index (χ2v) is 4.63. The Morgan fingerprint density at radius 3 is 2.11 bits per heavy atom. The molecule has 0 aliphatic rings. The highest BCUT2D eigenvalue weighted by molar-refractivity contribution is 9.10. The fourth-order valence-corrected chi connectivity index (χ4v) is 2.01. The van der Waals surface area contributed by atoms with Crippen LogP contribution in [0.5, 0.6) is 0 Å². The van der Waals surface area contributed by atoms with Crippen LogP contribution in [0.25, 0.3) is 0 Å². The summed E-state index contributed by atoms with van der Waals surface area (Å²) < 4.78 is 39.5. The Morgan fingerprint density at radius 1 is 0.947 bits per heavy atom. The monoisotopic (exact) mass is 326 g/mol. The molecule has 2 aromatic rings. The van der Waals surface area contributed by atoms with Crippen LogP contribution in [0.4, 0.5) is 24.5 Å². The number of hydrogen-bond donors (Lipinski definition) is 1. The van der Waals surface area contributed by atoms with Gasteiger partial charge >= 0.3 is 0 Å². The first-order chi connectivity index (χ1) is 8.99. The van der Waals surface area contributed by atoms with Gasteiger partial charge in [0.2, 0.25) is 0 Å². The van der Waals surface area contributed by atoms with Crippen molar-refractivity contribution in [3.8, 4) is 6.07 Å². The van der Waals surface area contributed by atoms with E-state index in [1.165, 1.54) is 6.07 Å². The smallest absolute Gasteiger partial charge is 0.194 e. The summed E-state index contributed by atoms with van der Waals surface area (Å²) in [4.78, 5) is 0. The molecule has 0 radical (unpaired) electrons. The molecule has 0 heterocycles. The minimum Gasteiger partial charge on any atom is -0.355 e. The van der Waals surface area contributed by atoms with E-state index in [1.807, 2.05) is 6.07 Å². The zero-order valence-electron chi connectivity index (χ0n) is 9.35. The molecule has 1 N–H and O–H groups in total. The van der Waals surface area contributed by atoms with Gasteiger partial charge in [0.15, 0.2) is 17.5 Å². The second-order valence-electron chi connectivity index (χ2n) is 3.72. The van der Waals surface area contributed by atoms with Gasteiger partial charge in [0.25, 0.3) is 0 Å². The molecule has 19 heavy (non-hydrogen) atoms. The van der Waals surface area contributed by atoms with Crippen LogP contribution in [0.1, 0.15) is 5.56 Å². The van der Waals surface area contributed by atoms with E-state index in [2.05, 4.69) is 21.2 Å². The van der Waals surface area contributed by atoms with Crippen molar-refractivity contribution in [2.24, 2.45) is 0 Å². The molecule has 96 valence electrons. The molecule has 0 aromatic heterocycles. The molecular weight excluding hydrogens is 321 g/mol.